The van der Waals surface area contributed by atoms with E-state index < -0.39 is 0 Å². The Balaban J connectivity index is 1.33. The SMILES string of the molecule is O=C(CN1C(=O)/C(=C\c2ccccc2)SC1=S)NCCc1c[nH]c2ccc(F)cc12. The predicted molar refractivity (Wildman–Crippen MR) is 121 cm³/mol. The molecule has 5 nitrogen and oxygen atoms in total. The molecule has 2 amide bonds. The molecule has 30 heavy (non-hydrogen) atoms. The summed E-state index contributed by atoms with van der Waals surface area (Å²) in [7, 11) is 0. The maximum atomic E-state index is 13.5. The Morgan fingerprint density at radius 3 is 2.83 bits per heavy atom. The number of rotatable bonds is 6. The van der Waals surface area contributed by atoms with Crippen molar-refractivity contribution in [2.75, 3.05) is 13.1 Å². The Morgan fingerprint density at radius 2 is 2.03 bits per heavy atom. The van der Waals surface area contributed by atoms with Gasteiger partial charge in [0.1, 0.15) is 16.7 Å². The molecule has 1 aliphatic rings. The van der Waals surface area contributed by atoms with Gasteiger partial charge < -0.3 is 10.3 Å². The van der Waals surface area contributed by atoms with Gasteiger partial charge in [0.15, 0.2) is 0 Å². The number of aromatic amines is 1. The zero-order valence-electron chi connectivity index (χ0n) is 15.9. The van der Waals surface area contributed by atoms with Gasteiger partial charge >= 0.3 is 0 Å². The summed E-state index contributed by atoms with van der Waals surface area (Å²) in [6.07, 6.45) is 4.13. The number of amides is 2. The van der Waals surface area contributed by atoms with Crippen LogP contribution in [0, 0.1) is 5.82 Å². The van der Waals surface area contributed by atoms with Crippen LogP contribution in [-0.4, -0.2) is 39.1 Å². The molecule has 1 fully saturated rings. The topological polar surface area (TPSA) is 65.2 Å². The Hall–Kier alpha value is -2.97. The Labute approximate surface area is 182 Å². The van der Waals surface area contributed by atoms with E-state index in [1.54, 1.807) is 12.1 Å². The van der Waals surface area contributed by atoms with Crippen molar-refractivity contribution in [1.82, 2.24) is 15.2 Å². The lowest BCUT2D eigenvalue weighted by Gasteiger charge is -2.14. The van der Waals surface area contributed by atoms with Crippen molar-refractivity contribution < 1.29 is 14.0 Å². The number of thiocarbonyl (C=S) groups is 1. The van der Waals surface area contributed by atoms with E-state index >= 15 is 0 Å². The molecule has 0 bridgehead atoms. The van der Waals surface area contributed by atoms with Crippen molar-refractivity contribution in [3.05, 3.63) is 76.6 Å². The Bertz CT molecular complexity index is 1160. The van der Waals surface area contributed by atoms with Crippen molar-refractivity contribution in [3.8, 4) is 0 Å². The van der Waals surface area contributed by atoms with Gasteiger partial charge in [-0.05, 0) is 41.8 Å². The van der Waals surface area contributed by atoms with E-state index in [0.717, 1.165) is 22.0 Å². The van der Waals surface area contributed by atoms with Gasteiger partial charge in [0.2, 0.25) is 5.91 Å². The molecule has 0 spiro atoms. The van der Waals surface area contributed by atoms with Gasteiger partial charge in [0.25, 0.3) is 5.91 Å². The second-order valence-electron chi connectivity index (χ2n) is 6.78. The first-order valence-electron chi connectivity index (χ1n) is 9.34. The molecule has 2 aromatic carbocycles. The van der Waals surface area contributed by atoms with Crippen LogP contribution < -0.4 is 5.32 Å². The van der Waals surface area contributed by atoms with Gasteiger partial charge in [-0.3, -0.25) is 14.5 Å². The third-order valence-electron chi connectivity index (χ3n) is 4.72. The number of hydrogen-bond acceptors (Lipinski definition) is 4. The molecular weight excluding hydrogens is 421 g/mol. The van der Waals surface area contributed by atoms with Gasteiger partial charge in [-0.2, -0.15) is 0 Å². The van der Waals surface area contributed by atoms with Crippen molar-refractivity contribution >= 4 is 57.1 Å². The molecule has 2 N–H and O–H groups in total. The average molecular weight is 440 g/mol. The minimum Gasteiger partial charge on any atom is -0.361 e. The minimum absolute atomic E-state index is 0.126. The molecule has 0 saturated carbocycles. The molecule has 1 aromatic heterocycles. The third-order valence-corrected chi connectivity index (χ3v) is 6.10. The number of halogens is 1. The quantitative estimate of drug-likeness (QED) is 0.452. The average Bonchev–Trinajstić information content (AvgIpc) is 3.24. The highest BCUT2D eigenvalue weighted by Crippen LogP contribution is 2.32. The summed E-state index contributed by atoms with van der Waals surface area (Å²) < 4.78 is 13.8. The highest BCUT2D eigenvalue weighted by molar-refractivity contribution is 8.26. The van der Waals surface area contributed by atoms with Crippen molar-refractivity contribution in [2.24, 2.45) is 0 Å². The van der Waals surface area contributed by atoms with Crippen LogP contribution in [0.3, 0.4) is 0 Å². The summed E-state index contributed by atoms with van der Waals surface area (Å²) in [6.45, 7) is 0.246. The van der Waals surface area contributed by atoms with Gasteiger partial charge in [0.05, 0.1) is 4.91 Å². The Morgan fingerprint density at radius 1 is 1.23 bits per heavy atom. The lowest BCUT2D eigenvalue weighted by molar-refractivity contribution is -0.128. The van der Waals surface area contributed by atoms with E-state index in [1.165, 1.54) is 28.8 Å². The van der Waals surface area contributed by atoms with Gasteiger partial charge in [0, 0.05) is 23.6 Å². The fourth-order valence-corrected chi connectivity index (χ4v) is 4.49. The first kappa shape index (κ1) is 20.3. The fourth-order valence-electron chi connectivity index (χ4n) is 3.23. The number of H-pyrrole nitrogens is 1. The fraction of sp³-hybridized carbons (Fsp3) is 0.136. The Kier molecular flexibility index (Phi) is 5.96. The highest BCUT2D eigenvalue weighted by Gasteiger charge is 2.33. The summed E-state index contributed by atoms with van der Waals surface area (Å²) in [5, 5.41) is 3.60. The summed E-state index contributed by atoms with van der Waals surface area (Å²) in [4.78, 5) is 29.9. The molecule has 0 atom stereocenters. The molecule has 152 valence electrons. The van der Waals surface area contributed by atoms with E-state index in [4.69, 9.17) is 12.2 Å². The molecule has 1 aliphatic heterocycles. The van der Waals surface area contributed by atoms with E-state index in [9.17, 15) is 14.0 Å². The zero-order chi connectivity index (χ0) is 21.1. The summed E-state index contributed by atoms with van der Waals surface area (Å²) in [5.74, 6) is -0.861. The van der Waals surface area contributed by atoms with Gasteiger partial charge in [-0.1, -0.05) is 54.3 Å². The van der Waals surface area contributed by atoms with E-state index in [1.807, 2.05) is 36.5 Å². The standard InChI is InChI=1S/C22H18FN3O2S2/c23-16-6-7-18-17(11-16)15(12-25-18)8-9-24-20(27)13-26-21(28)19(30-22(26)29)10-14-4-2-1-3-5-14/h1-7,10-12,25H,8-9,13H2,(H,24,27)/b19-10+. The summed E-state index contributed by atoms with van der Waals surface area (Å²) >= 11 is 6.47. The van der Waals surface area contributed by atoms with Gasteiger partial charge in [-0.15, -0.1) is 0 Å². The molecule has 4 rings (SSSR count). The van der Waals surface area contributed by atoms with Crippen LogP contribution in [0.5, 0.6) is 0 Å². The maximum absolute atomic E-state index is 13.5. The van der Waals surface area contributed by atoms with Crippen LogP contribution in [0.2, 0.25) is 0 Å². The molecular formula is C22H18FN3O2S2. The first-order valence-corrected chi connectivity index (χ1v) is 10.6. The van der Waals surface area contributed by atoms with Crippen LogP contribution in [0.4, 0.5) is 4.39 Å². The number of aromatic nitrogens is 1. The number of carbonyl (C=O) groups is 2. The van der Waals surface area contributed by atoms with Crippen molar-refractivity contribution in [1.29, 1.82) is 0 Å². The van der Waals surface area contributed by atoms with E-state index in [2.05, 4.69) is 10.3 Å². The van der Waals surface area contributed by atoms with Crippen LogP contribution in [0.25, 0.3) is 17.0 Å². The van der Waals surface area contributed by atoms with E-state index in [0.29, 0.717) is 22.2 Å². The minimum atomic E-state index is -0.301. The number of carbonyl (C=O) groups excluding carboxylic acids is 2. The second-order valence-corrected chi connectivity index (χ2v) is 8.46. The first-order chi connectivity index (χ1) is 14.5. The maximum Gasteiger partial charge on any atom is 0.266 e. The largest absolute Gasteiger partial charge is 0.361 e. The van der Waals surface area contributed by atoms with Crippen LogP contribution >= 0.6 is 24.0 Å². The second kappa shape index (κ2) is 8.81. The summed E-state index contributed by atoms with van der Waals surface area (Å²) in [5.41, 5.74) is 2.67. The molecule has 8 heteroatoms. The molecule has 1 saturated heterocycles. The number of nitrogens with zero attached hydrogens (tertiary/aromatic N) is 1. The number of hydrogen-bond donors (Lipinski definition) is 2. The van der Waals surface area contributed by atoms with Crippen molar-refractivity contribution in [2.45, 2.75) is 6.42 Å². The zero-order valence-corrected chi connectivity index (χ0v) is 17.5. The highest BCUT2D eigenvalue weighted by atomic mass is 32.2. The van der Waals surface area contributed by atoms with Crippen LogP contribution in [-0.2, 0) is 16.0 Å². The summed E-state index contributed by atoms with van der Waals surface area (Å²) in [6, 6.07) is 14.0. The number of fused-ring (bicyclic) bond motifs is 1. The number of nitrogens with one attached hydrogen (secondary N) is 2. The molecule has 0 radical (unpaired) electrons. The van der Waals surface area contributed by atoms with Crippen molar-refractivity contribution in [3.63, 3.8) is 0 Å². The lowest BCUT2D eigenvalue weighted by Crippen LogP contribution is -2.40. The van der Waals surface area contributed by atoms with Crippen LogP contribution in [0.15, 0.2) is 59.6 Å². The number of thioether (sulfide) groups is 1. The monoisotopic (exact) mass is 439 g/mol. The third kappa shape index (κ3) is 4.44. The molecule has 2 heterocycles. The molecule has 3 aromatic rings. The lowest BCUT2D eigenvalue weighted by atomic mass is 10.1. The molecule has 0 unspecified atom stereocenters. The molecule has 0 aliphatic carbocycles. The van der Waals surface area contributed by atoms with Crippen LogP contribution in [0.1, 0.15) is 11.1 Å². The predicted octanol–water partition coefficient (Wildman–Crippen LogP) is 3.87. The smallest absolute Gasteiger partial charge is 0.266 e. The van der Waals surface area contributed by atoms with E-state index in [-0.39, 0.29) is 24.2 Å². The van der Waals surface area contributed by atoms with Gasteiger partial charge in [-0.25, -0.2) is 4.39 Å². The normalized spacial score (nSPS) is 15.4. The number of benzene rings is 2.